The van der Waals surface area contributed by atoms with Gasteiger partial charge < -0.3 is 14.4 Å². The zero-order chi connectivity index (χ0) is 27.7. The third-order valence-corrected chi connectivity index (χ3v) is 7.90. The van der Waals surface area contributed by atoms with E-state index in [1.807, 2.05) is 37.3 Å². The zero-order valence-electron chi connectivity index (χ0n) is 23.5. The number of aromatic nitrogens is 2. The Morgan fingerprint density at radius 3 is 2.50 bits per heavy atom. The van der Waals surface area contributed by atoms with E-state index in [1.54, 1.807) is 25.6 Å². The van der Waals surface area contributed by atoms with Crippen LogP contribution in [0, 0.1) is 5.41 Å². The molecular formula is C32H38N2O3S. The quantitative estimate of drug-likeness (QED) is 0.174. The van der Waals surface area contributed by atoms with Crippen LogP contribution in [-0.4, -0.2) is 25.4 Å². The minimum absolute atomic E-state index is 0.0528. The van der Waals surface area contributed by atoms with Gasteiger partial charge in [-0.15, -0.1) is 11.8 Å². The predicted molar refractivity (Wildman–Crippen MR) is 158 cm³/mol. The van der Waals surface area contributed by atoms with Crippen molar-refractivity contribution in [3.05, 3.63) is 77.6 Å². The van der Waals surface area contributed by atoms with Gasteiger partial charge in [0.25, 0.3) is 0 Å². The first-order valence-corrected chi connectivity index (χ1v) is 13.9. The first kappa shape index (κ1) is 27.8. The molecule has 0 aliphatic heterocycles. The minimum Gasteiger partial charge on any atom is -0.487 e. The van der Waals surface area contributed by atoms with Crippen molar-refractivity contribution in [2.75, 3.05) is 0 Å². The van der Waals surface area contributed by atoms with Crippen LogP contribution in [0.5, 0.6) is 5.75 Å². The lowest BCUT2D eigenvalue weighted by Crippen LogP contribution is -2.28. The van der Waals surface area contributed by atoms with Crippen LogP contribution in [0.3, 0.4) is 0 Å². The molecule has 0 fully saturated rings. The van der Waals surface area contributed by atoms with E-state index >= 15 is 0 Å². The van der Waals surface area contributed by atoms with E-state index in [-0.39, 0.29) is 4.75 Å². The number of hydrogen-bond donors (Lipinski definition) is 1. The topological polar surface area (TPSA) is 64.4 Å². The maximum absolute atomic E-state index is 12.1. The van der Waals surface area contributed by atoms with Crippen LogP contribution in [0.25, 0.3) is 21.8 Å². The molecule has 2 aromatic carbocycles. The number of nitrogens with zero attached hydrogens (tertiary/aromatic N) is 2. The number of rotatable bonds is 9. The standard InChI is InChI=1S/C32H38N2O3S/c1-8-21(2)19-34-27-16-15-24(37-20-23-14-13-22-11-9-10-12-26(22)33-23)17-25(27)29(38-31(3,4)5)28(34)18-32(6,7)30(35)36/h8-17H,18-20H2,1-7H3,(H,35,36)/b21-8+. The molecule has 0 aliphatic rings. The predicted octanol–water partition coefficient (Wildman–Crippen LogP) is 8.28. The molecule has 4 aromatic rings. The molecule has 6 heteroatoms. The lowest BCUT2D eigenvalue weighted by Gasteiger charge is -2.24. The molecule has 2 aromatic heterocycles. The molecule has 0 radical (unpaired) electrons. The summed E-state index contributed by atoms with van der Waals surface area (Å²) >= 11 is 1.79. The van der Waals surface area contributed by atoms with Gasteiger partial charge in [-0.2, -0.15) is 0 Å². The third-order valence-electron chi connectivity index (χ3n) is 6.63. The molecule has 0 aliphatic carbocycles. The second kappa shape index (κ2) is 10.9. The van der Waals surface area contributed by atoms with Crippen LogP contribution < -0.4 is 4.74 Å². The van der Waals surface area contributed by atoms with Crippen molar-refractivity contribution in [3.8, 4) is 5.75 Å². The number of benzene rings is 2. The SMILES string of the molecule is C/C=C(\C)Cn1c(CC(C)(C)C(=O)O)c(SC(C)(C)C)c2cc(OCc3ccc4ccccc4n3)ccc21. The molecule has 1 N–H and O–H groups in total. The molecule has 2 heterocycles. The average Bonchev–Trinajstić information content (AvgIpc) is 3.12. The number of para-hydroxylation sites is 1. The number of aliphatic carboxylic acids is 1. The van der Waals surface area contributed by atoms with E-state index in [4.69, 9.17) is 9.72 Å². The Kier molecular flexibility index (Phi) is 7.93. The largest absolute Gasteiger partial charge is 0.487 e. The highest BCUT2D eigenvalue weighted by Gasteiger charge is 2.32. The van der Waals surface area contributed by atoms with Gasteiger partial charge in [0.1, 0.15) is 12.4 Å². The highest BCUT2D eigenvalue weighted by Crippen LogP contribution is 2.44. The molecule has 0 atom stereocenters. The lowest BCUT2D eigenvalue weighted by atomic mass is 9.88. The van der Waals surface area contributed by atoms with Gasteiger partial charge in [0.2, 0.25) is 0 Å². The van der Waals surface area contributed by atoms with E-state index in [0.717, 1.165) is 43.8 Å². The fourth-order valence-corrected chi connectivity index (χ4v) is 5.59. The van der Waals surface area contributed by atoms with Crippen molar-refractivity contribution in [2.24, 2.45) is 5.41 Å². The summed E-state index contributed by atoms with van der Waals surface area (Å²) < 4.78 is 8.48. The van der Waals surface area contributed by atoms with Crippen molar-refractivity contribution in [2.45, 2.75) is 77.7 Å². The molecule has 5 nitrogen and oxygen atoms in total. The summed E-state index contributed by atoms with van der Waals surface area (Å²) in [6.45, 7) is 15.4. The summed E-state index contributed by atoms with van der Waals surface area (Å²) in [5.74, 6) is -0.0251. The van der Waals surface area contributed by atoms with Crippen molar-refractivity contribution < 1.29 is 14.6 Å². The average molecular weight is 531 g/mol. The summed E-state index contributed by atoms with van der Waals surface area (Å²) in [6, 6.07) is 18.4. The molecule has 0 saturated heterocycles. The fourth-order valence-electron chi connectivity index (χ4n) is 4.40. The van der Waals surface area contributed by atoms with Crippen LogP contribution in [0.1, 0.15) is 59.9 Å². The molecule has 0 bridgehead atoms. The first-order valence-electron chi connectivity index (χ1n) is 13.0. The summed E-state index contributed by atoms with van der Waals surface area (Å²) in [4.78, 5) is 18.0. The number of carbonyl (C=O) groups is 1. The molecule has 38 heavy (non-hydrogen) atoms. The third kappa shape index (κ3) is 6.24. The molecule has 0 spiro atoms. The number of pyridine rings is 1. The van der Waals surface area contributed by atoms with Crippen LogP contribution in [0.4, 0.5) is 0 Å². The van der Waals surface area contributed by atoms with Gasteiger partial charge in [-0.25, -0.2) is 4.98 Å². The number of allylic oxidation sites excluding steroid dienone is 2. The number of carboxylic acid groups (broad SMARTS) is 1. The smallest absolute Gasteiger partial charge is 0.309 e. The fraction of sp³-hybridized carbons (Fsp3) is 0.375. The molecule has 200 valence electrons. The number of carboxylic acids is 1. The molecule has 4 rings (SSSR count). The second-order valence-corrected chi connectivity index (χ2v) is 13.4. The summed E-state index contributed by atoms with van der Waals surface area (Å²) in [7, 11) is 0. The molecule has 0 amide bonds. The maximum Gasteiger partial charge on any atom is 0.309 e. The van der Waals surface area contributed by atoms with E-state index in [0.29, 0.717) is 19.6 Å². The van der Waals surface area contributed by atoms with Gasteiger partial charge in [-0.1, -0.05) is 56.7 Å². The van der Waals surface area contributed by atoms with Crippen molar-refractivity contribution in [1.82, 2.24) is 9.55 Å². The summed E-state index contributed by atoms with van der Waals surface area (Å²) in [5, 5.41) is 12.2. The van der Waals surface area contributed by atoms with Crippen molar-refractivity contribution in [3.63, 3.8) is 0 Å². The van der Waals surface area contributed by atoms with Crippen LogP contribution >= 0.6 is 11.8 Å². The van der Waals surface area contributed by atoms with Crippen LogP contribution in [-0.2, 0) is 24.4 Å². The normalized spacial score (nSPS) is 12.9. The second-order valence-electron chi connectivity index (χ2n) is 11.5. The van der Waals surface area contributed by atoms with E-state index in [9.17, 15) is 9.90 Å². The van der Waals surface area contributed by atoms with Crippen LogP contribution in [0.15, 0.2) is 71.1 Å². The summed E-state index contributed by atoms with van der Waals surface area (Å²) in [6.07, 6.45) is 2.55. The first-order chi connectivity index (χ1) is 17.9. The van der Waals surface area contributed by atoms with Gasteiger partial charge in [0.15, 0.2) is 0 Å². The minimum atomic E-state index is -0.899. The number of thioether (sulfide) groups is 1. The van der Waals surface area contributed by atoms with E-state index < -0.39 is 11.4 Å². The van der Waals surface area contributed by atoms with Gasteiger partial charge in [0, 0.05) is 44.6 Å². The maximum atomic E-state index is 12.1. The Bertz CT molecular complexity index is 1510. The molecular weight excluding hydrogens is 492 g/mol. The monoisotopic (exact) mass is 530 g/mol. The van der Waals surface area contributed by atoms with E-state index in [1.165, 1.54) is 5.57 Å². The number of hydrogen-bond acceptors (Lipinski definition) is 4. The Labute approximate surface area is 229 Å². The lowest BCUT2D eigenvalue weighted by molar-refractivity contribution is -0.146. The number of ether oxygens (including phenoxy) is 1. The van der Waals surface area contributed by atoms with Gasteiger partial charge in [-0.3, -0.25) is 4.79 Å². The van der Waals surface area contributed by atoms with Crippen LogP contribution in [0.2, 0.25) is 0 Å². The van der Waals surface area contributed by atoms with Crippen molar-refractivity contribution >= 4 is 39.5 Å². The highest BCUT2D eigenvalue weighted by atomic mass is 32.2. The van der Waals surface area contributed by atoms with Gasteiger partial charge in [0.05, 0.1) is 16.6 Å². The summed E-state index contributed by atoms with van der Waals surface area (Å²) in [5.41, 5.74) is 4.30. The highest BCUT2D eigenvalue weighted by molar-refractivity contribution is 8.00. The Balaban J connectivity index is 1.78. The van der Waals surface area contributed by atoms with E-state index in [2.05, 4.69) is 62.6 Å². The number of fused-ring (bicyclic) bond motifs is 2. The van der Waals surface area contributed by atoms with Gasteiger partial charge >= 0.3 is 5.97 Å². The Morgan fingerprint density at radius 2 is 1.82 bits per heavy atom. The Morgan fingerprint density at radius 1 is 1.08 bits per heavy atom. The van der Waals surface area contributed by atoms with Crippen molar-refractivity contribution in [1.29, 1.82) is 0 Å². The van der Waals surface area contributed by atoms with Gasteiger partial charge in [-0.05, 0) is 58.0 Å². The Hall–Kier alpha value is -3.25. The molecule has 0 saturated carbocycles. The molecule has 0 unspecified atom stereocenters. The zero-order valence-corrected chi connectivity index (χ0v) is 24.3.